The number of halogens is 1. The zero-order chi connectivity index (χ0) is 20.1. The molecule has 0 aromatic heterocycles. The van der Waals surface area contributed by atoms with Crippen molar-refractivity contribution in [2.24, 2.45) is 5.92 Å². The van der Waals surface area contributed by atoms with Crippen molar-refractivity contribution in [3.8, 4) is 17.2 Å². The SMILES string of the molecule is COc1cc(C(=O)OCc2cc(Cl)cc3c2OCOC3)ccc1OCC(C)C. The van der Waals surface area contributed by atoms with Crippen molar-refractivity contribution < 1.29 is 28.5 Å². The van der Waals surface area contributed by atoms with Gasteiger partial charge in [-0.2, -0.15) is 0 Å². The van der Waals surface area contributed by atoms with E-state index >= 15 is 0 Å². The molecule has 2 aromatic carbocycles. The number of ether oxygens (including phenoxy) is 5. The number of hydrogen-bond acceptors (Lipinski definition) is 6. The van der Waals surface area contributed by atoms with Gasteiger partial charge in [0.25, 0.3) is 0 Å². The molecular formula is C21H23ClO6. The average molecular weight is 407 g/mol. The van der Waals surface area contributed by atoms with Crippen LogP contribution in [-0.2, 0) is 22.7 Å². The Bertz CT molecular complexity index is 849. The Morgan fingerprint density at radius 3 is 2.79 bits per heavy atom. The van der Waals surface area contributed by atoms with Gasteiger partial charge in [0.1, 0.15) is 12.4 Å². The summed E-state index contributed by atoms with van der Waals surface area (Å²) in [5.74, 6) is 1.62. The number of methoxy groups -OCH3 is 1. The molecule has 0 N–H and O–H groups in total. The minimum Gasteiger partial charge on any atom is -0.493 e. The van der Waals surface area contributed by atoms with Gasteiger partial charge in [0.2, 0.25) is 0 Å². The molecule has 2 aromatic rings. The third-order valence-electron chi connectivity index (χ3n) is 4.08. The zero-order valence-corrected chi connectivity index (χ0v) is 16.9. The van der Waals surface area contributed by atoms with Gasteiger partial charge >= 0.3 is 5.97 Å². The lowest BCUT2D eigenvalue weighted by atomic mass is 10.1. The molecule has 3 rings (SSSR count). The maximum Gasteiger partial charge on any atom is 0.338 e. The first-order valence-electron chi connectivity index (χ1n) is 8.97. The van der Waals surface area contributed by atoms with Crippen LogP contribution in [0.15, 0.2) is 30.3 Å². The van der Waals surface area contributed by atoms with Crippen LogP contribution in [0.5, 0.6) is 17.2 Å². The monoisotopic (exact) mass is 406 g/mol. The molecular weight excluding hydrogens is 384 g/mol. The van der Waals surface area contributed by atoms with Gasteiger partial charge in [-0.05, 0) is 36.2 Å². The molecule has 0 radical (unpaired) electrons. The number of rotatable bonds is 7. The van der Waals surface area contributed by atoms with Crippen LogP contribution < -0.4 is 14.2 Å². The molecule has 150 valence electrons. The Labute approximate surface area is 169 Å². The van der Waals surface area contributed by atoms with Gasteiger partial charge < -0.3 is 23.7 Å². The van der Waals surface area contributed by atoms with Gasteiger partial charge in [-0.15, -0.1) is 0 Å². The van der Waals surface area contributed by atoms with Gasteiger partial charge in [-0.1, -0.05) is 25.4 Å². The number of carbonyl (C=O) groups is 1. The summed E-state index contributed by atoms with van der Waals surface area (Å²) in [7, 11) is 1.53. The number of hydrogen-bond donors (Lipinski definition) is 0. The standard InChI is InChI=1S/C21H23ClO6/c1-13(2)9-26-18-5-4-14(8-19(18)24-3)21(23)27-11-16-7-17(22)6-15-10-25-12-28-20(15)16/h4-8,13H,9-12H2,1-3H3. The van der Waals surface area contributed by atoms with E-state index in [1.165, 1.54) is 7.11 Å². The van der Waals surface area contributed by atoms with E-state index in [2.05, 4.69) is 13.8 Å². The van der Waals surface area contributed by atoms with E-state index in [1.807, 2.05) is 0 Å². The van der Waals surface area contributed by atoms with Crippen molar-refractivity contribution in [2.45, 2.75) is 27.1 Å². The first-order valence-corrected chi connectivity index (χ1v) is 9.35. The molecule has 0 fully saturated rings. The molecule has 28 heavy (non-hydrogen) atoms. The molecule has 0 aliphatic carbocycles. The van der Waals surface area contributed by atoms with Crippen molar-refractivity contribution in [3.05, 3.63) is 52.0 Å². The van der Waals surface area contributed by atoms with Gasteiger partial charge in [-0.3, -0.25) is 0 Å². The molecule has 0 unspecified atom stereocenters. The highest BCUT2D eigenvalue weighted by Gasteiger charge is 2.19. The smallest absolute Gasteiger partial charge is 0.338 e. The summed E-state index contributed by atoms with van der Waals surface area (Å²) in [4.78, 5) is 12.5. The second-order valence-corrected chi connectivity index (χ2v) is 7.25. The van der Waals surface area contributed by atoms with Crippen molar-refractivity contribution in [3.63, 3.8) is 0 Å². The largest absolute Gasteiger partial charge is 0.493 e. The third kappa shape index (κ3) is 4.88. The van der Waals surface area contributed by atoms with E-state index in [0.717, 1.165) is 5.56 Å². The van der Waals surface area contributed by atoms with E-state index in [4.69, 9.17) is 35.3 Å². The molecule has 0 amide bonds. The highest BCUT2D eigenvalue weighted by atomic mass is 35.5. The fraction of sp³-hybridized carbons (Fsp3) is 0.381. The van der Waals surface area contributed by atoms with Crippen LogP contribution >= 0.6 is 11.6 Å². The van der Waals surface area contributed by atoms with Gasteiger partial charge in [0.15, 0.2) is 18.3 Å². The Balaban J connectivity index is 1.71. The minimum absolute atomic E-state index is 0.0373. The quantitative estimate of drug-likeness (QED) is 0.626. The van der Waals surface area contributed by atoms with E-state index in [9.17, 15) is 4.79 Å². The first-order chi connectivity index (χ1) is 13.5. The molecule has 0 saturated heterocycles. The fourth-order valence-electron chi connectivity index (χ4n) is 2.76. The van der Waals surface area contributed by atoms with Crippen LogP contribution in [0.25, 0.3) is 0 Å². The summed E-state index contributed by atoms with van der Waals surface area (Å²) >= 11 is 6.14. The molecule has 1 heterocycles. The Morgan fingerprint density at radius 2 is 2.04 bits per heavy atom. The second-order valence-electron chi connectivity index (χ2n) is 6.81. The molecule has 0 spiro atoms. The predicted molar refractivity (Wildman–Crippen MR) is 104 cm³/mol. The number of carbonyl (C=O) groups excluding carboxylic acids is 1. The molecule has 0 saturated carbocycles. The maximum atomic E-state index is 12.5. The maximum absolute atomic E-state index is 12.5. The highest BCUT2D eigenvalue weighted by molar-refractivity contribution is 6.30. The van der Waals surface area contributed by atoms with E-state index in [-0.39, 0.29) is 13.4 Å². The third-order valence-corrected chi connectivity index (χ3v) is 4.30. The first kappa shape index (κ1) is 20.3. The summed E-state index contributed by atoms with van der Waals surface area (Å²) in [5, 5.41) is 0.534. The van der Waals surface area contributed by atoms with Crippen LogP contribution in [0, 0.1) is 5.92 Å². The van der Waals surface area contributed by atoms with E-state index < -0.39 is 5.97 Å². The lowest BCUT2D eigenvalue weighted by Crippen LogP contribution is -2.14. The zero-order valence-electron chi connectivity index (χ0n) is 16.1. The highest BCUT2D eigenvalue weighted by Crippen LogP contribution is 2.33. The number of benzene rings is 2. The van der Waals surface area contributed by atoms with Crippen molar-refractivity contribution in [2.75, 3.05) is 20.5 Å². The average Bonchev–Trinajstić information content (AvgIpc) is 2.69. The predicted octanol–water partition coefficient (Wildman–Crippen LogP) is 4.61. The van der Waals surface area contributed by atoms with Crippen molar-refractivity contribution in [1.29, 1.82) is 0 Å². The lowest BCUT2D eigenvalue weighted by Gasteiger charge is -2.21. The Hall–Kier alpha value is -2.44. The van der Waals surface area contributed by atoms with Crippen LogP contribution in [0.4, 0.5) is 0 Å². The number of fused-ring (bicyclic) bond motifs is 1. The van der Waals surface area contributed by atoms with E-state index in [1.54, 1.807) is 30.3 Å². The van der Waals surface area contributed by atoms with Gasteiger partial charge in [-0.25, -0.2) is 4.79 Å². The molecule has 1 aliphatic heterocycles. The molecule has 6 nitrogen and oxygen atoms in total. The second kappa shape index (κ2) is 9.17. The van der Waals surface area contributed by atoms with Crippen molar-refractivity contribution >= 4 is 17.6 Å². The summed E-state index contributed by atoms with van der Waals surface area (Å²) < 4.78 is 27.3. The van der Waals surface area contributed by atoms with Crippen LogP contribution in [0.3, 0.4) is 0 Å². The van der Waals surface area contributed by atoms with Gasteiger partial charge in [0.05, 0.1) is 25.9 Å². The fourth-order valence-corrected chi connectivity index (χ4v) is 3.02. The Morgan fingerprint density at radius 1 is 1.21 bits per heavy atom. The molecule has 0 atom stereocenters. The lowest BCUT2D eigenvalue weighted by molar-refractivity contribution is -0.0180. The van der Waals surface area contributed by atoms with Crippen molar-refractivity contribution in [1.82, 2.24) is 0 Å². The normalized spacial score (nSPS) is 12.9. The molecule has 1 aliphatic rings. The number of esters is 1. The van der Waals surface area contributed by atoms with Crippen LogP contribution in [-0.4, -0.2) is 26.5 Å². The molecule has 0 bridgehead atoms. The van der Waals surface area contributed by atoms with Crippen LogP contribution in [0.2, 0.25) is 5.02 Å². The summed E-state index contributed by atoms with van der Waals surface area (Å²) in [5.41, 5.74) is 1.90. The summed E-state index contributed by atoms with van der Waals surface area (Å²) in [6, 6.07) is 8.47. The summed E-state index contributed by atoms with van der Waals surface area (Å²) in [6.45, 7) is 5.28. The summed E-state index contributed by atoms with van der Waals surface area (Å²) in [6.07, 6.45) is 0. The van der Waals surface area contributed by atoms with Crippen LogP contribution in [0.1, 0.15) is 35.3 Å². The van der Waals surface area contributed by atoms with E-state index in [0.29, 0.717) is 52.5 Å². The Kier molecular flexibility index (Phi) is 6.65. The minimum atomic E-state index is -0.477. The van der Waals surface area contributed by atoms with Gasteiger partial charge in [0, 0.05) is 16.1 Å². The topological polar surface area (TPSA) is 63.2 Å². The molecule has 7 heteroatoms.